The van der Waals surface area contributed by atoms with Crippen molar-refractivity contribution in [1.29, 1.82) is 0 Å². The molecule has 0 aliphatic rings. The molecule has 3 N–H and O–H groups in total. The standard InChI is InChI=1S/C10H17N5O3/c1-4-18-6(2)5-12-9-8(15(16)17)7(3)13-10(11)14-9/h6H,4-5H2,1-3H3,(H3,11,12,13,14). The fourth-order valence-corrected chi connectivity index (χ4v) is 1.51. The molecule has 1 aromatic rings. The molecule has 0 radical (unpaired) electrons. The SMILES string of the molecule is CCOC(C)CNc1nc(N)nc(C)c1[N+](=O)[O-]. The number of aromatic nitrogens is 2. The molecule has 0 amide bonds. The van der Waals surface area contributed by atoms with Crippen molar-refractivity contribution in [2.24, 2.45) is 0 Å². The van der Waals surface area contributed by atoms with Crippen molar-refractivity contribution in [3.8, 4) is 0 Å². The van der Waals surface area contributed by atoms with Crippen molar-refractivity contribution < 1.29 is 9.66 Å². The van der Waals surface area contributed by atoms with Crippen LogP contribution in [0.1, 0.15) is 19.5 Å². The summed E-state index contributed by atoms with van der Waals surface area (Å²) < 4.78 is 5.32. The highest BCUT2D eigenvalue weighted by atomic mass is 16.6. The van der Waals surface area contributed by atoms with Crippen molar-refractivity contribution in [1.82, 2.24) is 9.97 Å². The number of aryl methyl sites for hydroxylation is 1. The predicted octanol–water partition coefficient (Wildman–Crippen LogP) is 1.11. The molecule has 1 atom stereocenters. The van der Waals surface area contributed by atoms with E-state index >= 15 is 0 Å². The third-order valence-electron chi connectivity index (χ3n) is 2.27. The Morgan fingerprint density at radius 1 is 1.56 bits per heavy atom. The van der Waals surface area contributed by atoms with Gasteiger partial charge in [-0.15, -0.1) is 0 Å². The topological polar surface area (TPSA) is 116 Å². The van der Waals surface area contributed by atoms with Gasteiger partial charge < -0.3 is 15.8 Å². The average molecular weight is 255 g/mol. The number of hydrogen-bond donors (Lipinski definition) is 2. The van der Waals surface area contributed by atoms with Crippen LogP contribution in [0.2, 0.25) is 0 Å². The number of nitrogens with two attached hydrogens (primary N) is 1. The highest BCUT2D eigenvalue weighted by Crippen LogP contribution is 2.25. The van der Waals surface area contributed by atoms with Gasteiger partial charge in [0.25, 0.3) is 0 Å². The fraction of sp³-hybridized carbons (Fsp3) is 0.600. The zero-order valence-corrected chi connectivity index (χ0v) is 10.6. The summed E-state index contributed by atoms with van der Waals surface area (Å²) in [6.45, 7) is 6.25. The van der Waals surface area contributed by atoms with E-state index in [0.717, 1.165) is 0 Å². The quantitative estimate of drug-likeness (QED) is 0.577. The van der Waals surface area contributed by atoms with Gasteiger partial charge in [0.1, 0.15) is 5.69 Å². The van der Waals surface area contributed by atoms with Gasteiger partial charge in [-0.2, -0.15) is 4.98 Å². The summed E-state index contributed by atoms with van der Waals surface area (Å²) in [5.41, 5.74) is 5.55. The number of anilines is 2. The molecule has 1 heterocycles. The van der Waals surface area contributed by atoms with Crippen LogP contribution in [0.4, 0.5) is 17.5 Å². The maximum atomic E-state index is 10.9. The summed E-state index contributed by atoms with van der Waals surface area (Å²) in [5.74, 6) is 0.126. The van der Waals surface area contributed by atoms with Crippen LogP contribution in [0.25, 0.3) is 0 Å². The first-order chi connectivity index (χ1) is 8.45. The molecule has 1 aromatic heterocycles. The van der Waals surface area contributed by atoms with Crippen LogP contribution in [0, 0.1) is 17.0 Å². The molecular weight excluding hydrogens is 238 g/mol. The van der Waals surface area contributed by atoms with Crippen molar-refractivity contribution in [3.05, 3.63) is 15.8 Å². The van der Waals surface area contributed by atoms with E-state index < -0.39 is 4.92 Å². The number of hydrogen-bond acceptors (Lipinski definition) is 7. The Hall–Kier alpha value is -1.96. The predicted molar refractivity (Wildman–Crippen MR) is 67.4 cm³/mol. The lowest BCUT2D eigenvalue weighted by atomic mass is 10.3. The Morgan fingerprint density at radius 2 is 2.22 bits per heavy atom. The number of nitrogen functional groups attached to an aromatic ring is 1. The van der Waals surface area contributed by atoms with Gasteiger partial charge in [-0.3, -0.25) is 10.1 Å². The summed E-state index contributed by atoms with van der Waals surface area (Å²) in [4.78, 5) is 18.0. The van der Waals surface area contributed by atoms with E-state index in [0.29, 0.717) is 13.2 Å². The van der Waals surface area contributed by atoms with Gasteiger partial charge in [-0.05, 0) is 20.8 Å². The van der Waals surface area contributed by atoms with Crippen LogP contribution in [-0.2, 0) is 4.74 Å². The summed E-state index contributed by atoms with van der Waals surface area (Å²) in [5, 5.41) is 13.8. The second-order valence-electron chi connectivity index (χ2n) is 3.77. The smallest absolute Gasteiger partial charge is 0.332 e. The molecule has 0 saturated heterocycles. The lowest BCUT2D eigenvalue weighted by Crippen LogP contribution is -2.21. The molecule has 0 fully saturated rings. The Morgan fingerprint density at radius 3 is 2.78 bits per heavy atom. The number of nitrogens with one attached hydrogen (secondary N) is 1. The molecule has 0 aliphatic heterocycles. The number of ether oxygens (including phenoxy) is 1. The molecule has 8 heteroatoms. The molecule has 0 bridgehead atoms. The minimum atomic E-state index is -0.525. The van der Waals surface area contributed by atoms with E-state index in [1.165, 1.54) is 6.92 Å². The second kappa shape index (κ2) is 6.10. The first kappa shape index (κ1) is 14.1. The zero-order valence-electron chi connectivity index (χ0n) is 10.6. The lowest BCUT2D eigenvalue weighted by molar-refractivity contribution is -0.385. The Labute approximate surface area is 105 Å². The third kappa shape index (κ3) is 3.52. The largest absolute Gasteiger partial charge is 0.377 e. The molecule has 18 heavy (non-hydrogen) atoms. The van der Waals surface area contributed by atoms with Gasteiger partial charge in [0.05, 0.1) is 11.0 Å². The van der Waals surface area contributed by atoms with Gasteiger partial charge in [0.2, 0.25) is 11.8 Å². The minimum Gasteiger partial charge on any atom is -0.377 e. The van der Waals surface area contributed by atoms with E-state index in [1.54, 1.807) is 0 Å². The average Bonchev–Trinajstić information content (AvgIpc) is 2.25. The monoisotopic (exact) mass is 255 g/mol. The molecule has 100 valence electrons. The van der Waals surface area contributed by atoms with Crippen LogP contribution >= 0.6 is 0 Å². The van der Waals surface area contributed by atoms with Crippen molar-refractivity contribution in [2.45, 2.75) is 26.9 Å². The first-order valence-electron chi connectivity index (χ1n) is 5.59. The number of nitrogens with zero attached hydrogens (tertiary/aromatic N) is 3. The fourth-order valence-electron chi connectivity index (χ4n) is 1.51. The summed E-state index contributed by atoms with van der Waals surface area (Å²) >= 11 is 0. The van der Waals surface area contributed by atoms with E-state index in [1.807, 2.05) is 13.8 Å². The lowest BCUT2D eigenvalue weighted by Gasteiger charge is -2.13. The van der Waals surface area contributed by atoms with E-state index in [2.05, 4.69) is 15.3 Å². The third-order valence-corrected chi connectivity index (χ3v) is 2.27. The van der Waals surface area contributed by atoms with Crippen molar-refractivity contribution in [2.75, 3.05) is 24.2 Å². The zero-order chi connectivity index (χ0) is 13.7. The van der Waals surface area contributed by atoms with E-state index in [-0.39, 0.29) is 29.3 Å². The van der Waals surface area contributed by atoms with Crippen molar-refractivity contribution >= 4 is 17.5 Å². The number of rotatable bonds is 6. The molecule has 0 saturated carbocycles. The van der Waals surface area contributed by atoms with Crippen LogP contribution < -0.4 is 11.1 Å². The van der Waals surface area contributed by atoms with Gasteiger partial charge in [-0.25, -0.2) is 4.98 Å². The van der Waals surface area contributed by atoms with E-state index in [4.69, 9.17) is 10.5 Å². The molecular formula is C10H17N5O3. The van der Waals surface area contributed by atoms with Gasteiger partial charge >= 0.3 is 5.69 Å². The maximum absolute atomic E-state index is 10.9. The van der Waals surface area contributed by atoms with Crippen LogP contribution in [-0.4, -0.2) is 34.1 Å². The van der Waals surface area contributed by atoms with Gasteiger partial charge in [0.15, 0.2) is 0 Å². The van der Waals surface area contributed by atoms with E-state index in [9.17, 15) is 10.1 Å². The van der Waals surface area contributed by atoms with Gasteiger partial charge in [-0.1, -0.05) is 0 Å². The van der Waals surface area contributed by atoms with Crippen molar-refractivity contribution in [3.63, 3.8) is 0 Å². The first-order valence-corrected chi connectivity index (χ1v) is 5.59. The molecule has 8 nitrogen and oxygen atoms in total. The van der Waals surface area contributed by atoms with Crippen LogP contribution in [0.3, 0.4) is 0 Å². The summed E-state index contributed by atoms with van der Waals surface area (Å²) in [6.07, 6.45) is -0.0777. The minimum absolute atomic E-state index is 0.00432. The summed E-state index contributed by atoms with van der Waals surface area (Å²) in [6, 6.07) is 0. The maximum Gasteiger partial charge on any atom is 0.332 e. The molecule has 0 spiro atoms. The highest BCUT2D eigenvalue weighted by Gasteiger charge is 2.21. The second-order valence-corrected chi connectivity index (χ2v) is 3.77. The Bertz CT molecular complexity index is 438. The van der Waals surface area contributed by atoms with Crippen LogP contribution in [0.5, 0.6) is 0 Å². The molecule has 0 aliphatic carbocycles. The normalized spacial score (nSPS) is 12.2. The van der Waals surface area contributed by atoms with Crippen LogP contribution in [0.15, 0.2) is 0 Å². The highest BCUT2D eigenvalue weighted by molar-refractivity contribution is 5.60. The molecule has 0 aromatic carbocycles. The number of nitro groups is 1. The molecule has 1 rings (SSSR count). The Balaban J connectivity index is 2.90. The van der Waals surface area contributed by atoms with Gasteiger partial charge in [0, 0.05) is 13.2 Å². The molecule has 1 unspecified atom stereocenters. The summed E-state index contributed by atoms with van der Waals surface area (Å²) in [7, 11) is 0. The Kier molecular flexibility index (Phi) is 4.78.